The number of nitrogens with zero attached hydrogens (tertiary/aromatic N) is 2. The Labute approximate surface area is 177 Å². The number of thioether (sulfide) groups is 1. The smallest absolute Gasteiger partial charge is 0.242 e. The summed E-state index contributed by atoms with van der Waals surface area (Å²) < 4.78 is 33.0. The number of sulfonamides is 1. The van der Waals surface area contributed by atoms with Crippen molar-refractivity contribution in [1.82, 2.24) is 14.9 Å². The molecule has 0 aliphatic carbocycles. The zero-order chi connectivity index (χ0) is 21.0. The summed E-state index contributed by atoms with van der Waals surface area (Å²) in [5, 5.41) is 8.52. The number of carbonyl (C=O) groups is 1. The molecule has 2 aromatic heterocycles. The van der Waals surface area contributed by atoms with Gasteiger partial charge in [-0.05, 0) is 35.9 Å². The molecule has 3 aromatic rings. The average molecular weight is 453 g/mol. The van der Waals surface area contributed by atoms with Crippen LogP contribution in [0, 0.1) is 5.92 Å². The van der Waals surface area contributed by atoms with Gasteiger partial charge in [0.05, 0.1) is 22.0 Å². The maximum Gasteiger partial charge on any atom is 0.242 e. The van der Waals surface area contributed by atoms with E-state index in [9.17, 15) is 13.2 Å². The van der Waals surface area contributed by atoms with Crippen LogP contribution < -0.4 is 10.0 Å². The summed E-state index contributed by atoms with van der Waals surface area (Å²) in [6.45, 7) is 3.40. The molecule has 0 aliphatic heterocycles. The van der Waals surface area contributed by atoms with E-state index < -0.39 is 10.0 Å². The number of benzene rings is 1. The highest BCUT2D eigenvalue weighted by molar-refractivity contribution is 7.98. The quantitative estimate of drug-likeness (QED) is 0.502. The van der Waals surface area contributed by atoms with Crippen LogP contribution in [0.4, 0.5) is 5.69 Å². The lowest BCUT2D eigenvalue weighted by Gasteiger charge is -2.13. The molecule has 1 amide bonds. The van der Waals surface area contributed by atoms with Crippen LogP contribution in [0.3, 0.4) is 0 Å². The third-order valence-corrected chi connectivity index (χ3v) is 6.95. The molecule has 0 spiro atoms. The highest BCUT2D eigenvalue weighted by Gasteiger charge is 2.19. The standard InChI is InChI=1S/C18H20N4O4S3/c1-11(2)18(23)20-13-9-12(6-7-14(13)27-3)29(24,25)19-10-16-21-17(22-26-16)15-5-4-8-28-15/h4-9,11,19H,10H2,1-3H3,(H,20,23). The Morgan fingerprint density at radius 1 is 1.31 bits per heavy atom. The van der Waals surface area contributed by atoms with Crippen molar-refractivity contribution in [3.63, 3.8) is 0 Å². The van der Waals surface area contributed by atoms with Gasteiger partial charge in [-0.2, -0.15) is 4.98 Å². The first-order valence-corrected chi connectivity index (χ1v) is 12.2. The average Bonchev–Trinajstić information content (AvgIpc) is 3.38. The number of hydrogen-bond acceptors (Lipinski definition) is 8. The number of aromatic nitrogens is 2. The zero-order valence-electron chi connectivity index (χ0n) is 16.0. The Hall–Kier alpha value is -2.21. The minimum Gasteiger partial charge on any atom is -0.337 e. The fourth-order valence-electron chi connectivity index (χ4n) is 2.30. The van der Waals surface area contributed by atoms with E-state index in [2.05, 4.69) is 20.2 Å². The van der Waals surface area contributed by atoms with Gasteiger partial charge in [-0.3, -0.25) is 4.79 Å². The van der Waals surface area contributed by atoms with Crippen LogP contribution >= 0.6 is 23.1 Å². The summed E-state index contributed by atoms with van der Waals surface area (Å²) in [4.78, 5) is 17.9. The van der Waals surface area contributed by atoms with E-state index in [0.717, 1.165) is 9.77 Å². The Morgan fingerprint density at radius 2 is 2.10 bits per heavy atom. The summed E-state index contributed by atoms with van der Waals surface area (Å²) in [5.41, 5.74) is 0.455. The first-order chi connectivity index (χ1) is 13.8. The third kappa shape index (κ3) is 5.24. The summed E-state index contributed by atoms with van der Waals surface area (Å²) >= 11 is 2.88. The van der Waals surface area contributed by atoms with E-state index >= 15 is 0 Å². The maximum atomic E-state index is 12.7. The van der Waals surface area contributed by atoms with Crippen molar-refractivity contribution in [2.24, 2.45) is 5.92 Å². The normalized spacial score (nSPS) is 11.7. The molecule has 154 valence electrons. The molecule has 1 aromatic carbocycles. The number of hydrogen-bond donors (Lipinski definition) is 2. The van der Waals surface area contributed by atoms with Crippen LogP contribution in [0.1, 0.15) is 19.7 Å². The molecule has 29 heavy (non-hydrogen) atoms. The molecule has 2 heterocycles. The number of nitrogens with one attached hydrogen (secondary N) is 2. The van der Waals surface area contributed by atoms with Crippen LogP contribution in [0.5, 0.6) is 0 Å². The SMILES string of the molecule is CSc1ccc(S(=O)(=O)NCc2nc(-c3cccs3)no2)cc1NC(=O)C(C)C. The van der Waals surface area contributed by atoms with Crippen LogP contribution in [0.2, 0.25) is 0 Å². The van der Waals surface area contributed by atoms with Crippen molar-refractivity contribution in [3.05, 3.63) is 41.6 Å². The van der Waals surface area contributed by atoms with Crippen molar-refractivity contribution in [2.75, 3.05) is 11.6 Å². The Balaban J connectivity index is 1.76. The lowest BCUT2D eigenvalue weighted by Crippen LogP contribution is -2.24. The summed E-state index contributed by atoms with van der Waals surface area (Å²) in [5.74, 6) is 0.163. The van der Waals surface area contributed by atoms with E-state index in [1.165, 1.54) is 35.2 Å². The molecule has 0 fully saturated rings. The number of thiophene rings is 1. The number of rotatable bonds is 8. The molecule has 0 saturated carbocycles. The fourth-order valence-corrected chi connectivity index (χ4v) is 4.49. The maximum absolute atomic E-state index is 12.7. The summed E-state index contributed by atoms with van der Waals surface area (Å²) in [7, 11) is -3.84. The lowest BCUT2D eigenvalue weighted by molar-refractivity contribution is -0.118. The predicted octanol–water partition coefficient (Wildman–Crippen LogP) is 3.59. The lowest BCUT2D eigenvalue weighted by atomic mass is 10.2. The molecular formula is C18H20N4O4S3. The van der Waals surface area contributed by atoms with E-state index in [1.807, 2.05) is 23.8 Å². The van der Waals surface area contributed by atoms with Crippen LogP contribution in [0.25, 0.3) is 10.7 Å². The monoisotopic (exact) mass is 452 g/mol. The van der Waals surface area contributed by atoms with Gasteiger partial charge in [-0.25, -0.2) is 13.1 Å². The number of amides is 1. The molecular weight excluding hydrogens is 432 g/mol. The van der Waals surface area contributed by atoms with Crippen LogP contribution in [-0.4, -0.2) is 30.7 Å². The van der Waals surface area contributed by atoms with Gasteiger partial charge >= 0.3 is 0 Å². The first kappa shape index (κ1) is 21.5. The third-order valence-electron chi connectivity index (χ3n) is 3.89. The second-order valence-electron chi connectivity index (χ2n) is 6.32. The largest absolute Gasteiger partial charge is 0.337 e. The van der Waals surface area contributed by atoms with E-state index in [1.54, 1.807) is 19.9 Å². The van der Waals surface area contributed by atoms with E-state index in [-0.39, 0.29) is 29.2 Å². The predicted molar refractivity (Wildman–Crippen MR) is 113 cm³/mol. The fraction of sp³-hybridized carbons (Fsp3) is 0.278. The molecule has 3 rings (SSSR count). The molecule has 0 saturated heterocycles. The van der Waals surface area contributed by atoms with Gasteiger partial charge in [0, 0.05) is 10.8 Å². The van der Waals surface area contributed by atoms with Crippen molar-refractivity contribution >= 4 is 44.7 Å². The van der Waals surface area contributed by atoms with Crippen molar-refractivity contribution in [2.45, 2.75) is 30.2 Å². The Bertz CT molecular complexity index is 1090. The van der Waals surface area contributed by atoms with Crippen molar-refractivity contribution < 1.29 is 17.7 Å². The molecule has 8 nitrogen and oxygen atoms in total. The molecule has 2 N–H and O–H groups in total. The Morgan fingerprint density at radius 3 is 2.76 bits per heavy atom. The highest BCUT2D eigenvalue weighted by atomic mass is 32.2. The number of anilines is 1. The molecule has 0 radical (unpaired) electrons. The van der Waals surface area contributed by atoms with Crippen molar-refractivity contribution in [3.8, 4) is 10.7 Å². The van der Waals surface area contributed by atoms with Gasteiger partial charge < -0.3 is 9.84 Å². The van der Waals surface area contributed by atoms with Crippen LogP contribution in [0.15, 0.2) is 50.0 Å². The second kappa shape index (κ2) is 9.08. The first-order valence-electron chi connectivity index (χ1n) is 8.65. The topological polar surface area (TPSA) is 114 Å². The van der Waals surface area contributed by atoms with Crippen LogP contribution in [-0.2, 0) is 21.4 Å². The summed E-state index contributed by atoms with van der Waals surface area (Å²) in [6.07, 6.45) is 1.85. The van der Waals surface area contributed by atoms with E-state index in [0.29, 0.717) is 11.5 Å². The highest BCUT2D eigenvalue weighted by Crippen LogP contribution is 2.29. The zero-order valence-corrected chi connectivity index (χ0v) is 18.5. The van der Waals surface area contributed by atoms with Gasteiger partial charge in [0.15, 0.2) is 0 Å². The molecule has 0 bridgehead atoms. The van der Waals surface area contributed by atoms with Crippen molar-refractivity contribution in [1.29, 1.82) is 0 Å². The van der Waals surface area contributed by atoms with Gasteiger partial charge in [-0.1, -0.05) is 25.1 Å². The molecule has 0 aliphatic rings. The Kier molecular flexibility index (Phi) is 6.73. The van der Waals surface area contributed by atoms with Gasteiger partial charge in [0.1, 0.15) is 0 Å². The summed E-state index contributed by atoms with van der Waals surface area (Å²) in [6, 6.07) is 8.32. The van der Waals surface area contributed by atoms with Gasteiger partial charge in [0.25, 0.3) is 0 Å². The van der Waals surface area contributed by atoms with Gasteiger partial charge in [-0.15, -0.1) is 23.1 Å². The molecule has 11 heteroatoms. The molecule has 0 atom stereocenters. The van der Waals surface area contributed by atoms with E-state index in [4.69, 9.17) is 4.52 Å². The minimum atomic E-state index is -3.84. The second-order valence-corrected chi connectivity index (χ2v) is 9.88. The molecule has 0 unspecified atom stereocenters. The minimum absolute atomic E-state index is 0.0346. The number of carbonyl (C=O) groups excluding carboxylic acids is 1. The van der Waals surface area contributed by atoms with Gasteiger partial charge in [0.2, 0.25) is 27.6 Å².